The summed E-state index contributed by atoms with van der Waals surface area (Å²) < 4.78 is 6.60. The minimum Gasteiger partial charge on any atom is -0.466 e. The third-order valence-corrected chi connectivity index (χ3v) is 4.79. The number of aromatic nitrogens is 1. The predicted octanol–water partition coefficient (Wildman–Crippen LogP) is 4.26. The molecule has 0 fully saturated rings. The summed E-state index contributed by atoms with van der Waals surface area (Å²) in [5, 5.41) is 9.96. The van der Waals surface area contributed by atoms with Crippen LogP contribution in [0.15, 0.2) is 40.8 Å². The van der Waals surface area contributed by atoms with Gasteiger partial charge in [-0.2, -0.15) is 5.26 Å². The molecule has 0 saturated heterocycles. The second-order valence-corrected chi connectivity index (χ2v) is 6.33. The summed E-state index contributed by atoms with van der Waals surface area (Å²) in [7, 11) is 0. The molecule has 1 atom stereocenters. The first-order valence-corrected chi connectivity index (χ1v) is 8.38. The second-order valence-electron chi connectivity index (χ2n) is 5.27. The summed E-state index contributed by atoms with van der Waals surface area (Å²) in [6.07, 6.45) is 1.63. The Labute approximate surface area is 138 Å². The first-order chi connectivity index (χ1) is 11.2. The van der Waals surface area contributed by atoms with E-state index in [-0.39, 0.29) is 12.2 Å². The van der Waals surface area contributed by atoms with Gasteiger partial charge in [-0.05, 0) is 24.3 Å². The van der Waals surface area contributed by atoms with Crippen molar-refractivity contribution in [2.45, 2.75) is 32.1 Å². The molecule has 0 spiro atoms. The van der Waals surface area contributed by atoms with Gasteiger partial charge in [0, 0.05) is 19.3 Å². The van der Waals surface area contributed by atoms with Crippen LogP contribution in [0.5, 0.6) is 0 Å². The van der Waals surface area contributed by atoms with Crippen LogP contribution in [0.1, 0.15) is 35.8 Å². The molecule has 2 aromatic heterocycles. The maximum atomic E-state index is 12.4. The molecule has 0 bridgehead atoms. The molecule has 0 N–H and O–H groups in total. The number of nitrogens with zero attached hydrogens (tertiary/aromatic N) is 2. The Morgan fingerprint density at radius 3 is 2.78 bits per heavy atom. The fourth-order valence-electron chi connectivity index (χ4n) is 2.42. The number of carbonyl (C=O) groups excluding carboxylic acids is 1. The first-order valence-electron chi connectivity index (χ1n) is 7.56. The number of ketones is 1. The van der Waals surface area contributed by atoms with Crippen molar-refractivity contribution in [3.05, 3.63) is 52.9 Å². The summed E-state index contributed by atoms with van der Waals surface area (Å²) >= 11 is 1.41. The van der Waals surface area contributed by atoms with Crippen LogP contribution in [0.3, 0.4) is 0 Å². The number of fused-ring (bicyclic) bond motifs is 1. The van der Waals surface area contributed by atoms with Crippen LogP contribution < -0.4 is 0 Å². The van der Waals surface area contributed by atoms with E-state index in [1.807, 2.05) is 43.3 Å². The second kappa shape index (κ2) is 6.76. The van der Waals surface area contributed by atoms with E-state index in [0.717, 1.165) is 28.2 Å². The Bertz CT molecular complexity index is 839. The minimum atomic E-state index is -0.798. The molecular formula is C18H16N2O2S. The number of para-hydroxylation sites is 1. The molecular weight excluding hydrogens is 308 g/mol. The summed E-state index contributed by atoms with van der Waals surface area (Å²) in [5.41, 5.74) is 0.833. The number of hydrogen-bond acceptors (Lipinski definition) is 5. The fraction of sp³-hybridized carbons (Fsp3) is 0.278. The summed E-state index contributed by atoms with van der Waals surface area (Å²) in [5.74, 6) is 0.792. The topological polar surface area (TPSA) is 66.9 Å². The Hall–Kier alpha value is -2.45. The summed E-state index contributed by atoms with van der Waals surface area (Å²) in [4.78, 5) is 16.8. The van der Waals surface area contributed by atoms with Crippen molar-refractivity contribution in [1.82, 2.24) is 4.98 Å². The fourth-order valence-corrected chi connectivity index (χ4v) is 3.45. The molecule has 23 heavy (non-hydrogen) atoms. The Kier molecular flexibility index (Phi) is 4.54. The smallest absolute Gasteiger partial charge is 0.157 e. The number of nitriles is 1. The van der Waals surface area contributed by atoms with Crippen molar-refractivity contribution >= 4 is 27.3 Å². The van der Waals surface area contributed by atoms with Gasteiger partial charge in [0.2, 0.25) is 0 Å². The highest BCUT2D eigenvalue weighted by molar-refractivity contribution is 7.18. The molecule has 3 rings (SSSR count). The van der Waals surface area contributed by atoms with Crippen LogP contribution in [0, 0.1) is 11.3 Å². The molecule has 4 nitrogen and oxygen atoms in total. The molecule has 0 aliphatic carbocycles. The average Bonchev–Trinajstić information content (AvgIpc) is 3.20. The lowest BCUT2D eigenvalue weighted by Crippen LogP contribution is -2.11. The highest BCUT2D eigenvalue weighted by Crippen LogP contribution is 2.28. The maximum absolute atomic E-state index is 12.4. The van der Waals surface area contributed by atoms with Crippen molar-refractivity contribution in [3.8, 4) is 6.07 Å². The average molecular weight is 324 g/mol. The number of benzene rings is 1. The van der Waals surface area contributed by atoms with Crippen molar-refractivity contribution in [3.63, 3.8) is 0 Å². The standard InChI is InChI=1S/C18H16N2O2S/c1-2-12-7-8-13(22-12)9-10-16(21)14(11-19)18-20-15-5-3-4-6-17(15)23-18/h3-8,14H,2,9-10H2,1H3/t14-/m1/s1. The molecule has 0 aliphatic heterocycles. The number of thiazole rings is 1. The quantitative estimate of drug-likeness (QED) is 0.679. The number of hydrogen-bond donors (Lipinski definition) is 0. The van der Waals surface area contributed by atoms with E-state index in [0.29, 0.717) is 11.4 Å². The van der Waals surface area contributed by atoms with Gasteiger partial charge in [0.25, 0.3) is 0 Å². The molecule has 0 amide bonds. The van der Waals surface area contributed by atoms with E-state index in [9.17, 15) is 10.1 Å². The summed E-state index contributed by atoms with van der Waals surface area (Å²) in [6.45, 7) is 2.02. The Balaban J connectivity index is 1.72. The van der Waals surface area contributed by atoms with E-state index in [2.05, 4.69) is 11.1 Å². The molecule has 5 heteroatoms. The van der Waals surface area contributed by atoms with Gasteiger partial charge in [0.05, 0.1) is 16.3 Å². The lowest BCUT2D eigenvalue weighted by Gasteiger charge is -2.03. The molecule has 2 heterocycles. The molecule has 0 radical (unpaired) electrons. The summed E-state index contributed by atoms with van der Waals surface area (Å²) in [6, 6.07) is 13.6. The molecule has 116 valence electrons. The van der Waals surface area contributed by atoms with Crippen molar-refractivity contribution in [2.24, 2.45) is 0 Å². The third-order valence-electron chi connectivity index (χ3n) is 3.69. The third kappa shape index (κ3) is 3.33. The van der Waals surface area contributed by atoms with E-state index < -0.39 is 5.92 Å². The zero-order chi connectivity index (χ0) is 16.2. The van der Waals surface area contributed by atoms with E-state index in [4.69, 9.17) is 4.42 Å². The lowest BCUT2D eigenvalue weighted by molar-refractivity contribution is -0.119. The van der Waals surface area contributed by atoms with E-state index in [1.165, 1.54) is 11.3 Å². The van der Waals surface area contributed by atoms with Crippen LogP contribution in [0.25, 0.3) is 10.2 Å². The largest absolute Gasteiger partial charge is 0.466 e. The highest BCUT2D eigenvalue weighted by atomic mass is 32.1. The number of aryl methyl sites for hydroxylation is 2. The highest BCUT2D eigenvalue weighted by Gasteiger charge is 2.24. The van der Waals surface area contributed by atoms with Crippen molar-refractivity contribution in [1.29, 1.82) is 5.26 Å². The lowest BCUT2D eigenvalue weighted by atomic mass is 10.0. The van der Waals surface area contributed by atoms with Crippen LogP contribution >= 0.6 is 11.3 Å². The number of carbonyl (C=O) groups is 1. The van der Waals surface area contributed by atoms with Crippen LogP contribution in [0.4, 0.5) is 0 Å². The van der Waals surface area contributed by atoms with Gasteiger partial charge in [0.1, 0.15) is 16.5 Å². The van der Waals surface area contributed by atoms with Gasteiger partial charge < -0.3 is 4.42 Å². The first kappa shape index (κ1) is 15.4. The van der Waals surface area contributed by atoms with Crippen molar-refractivity contribution in [2.75, 3.05) is 0 Å². The number of furan rings is 1. The van der Waals surface area contributed by atoms with Gasteiger partial charge >= 0.3 is 0 Å². The van der Waals surface area contributed by atoms with Crippen LogP contribution in [0.2, 0.25) is 0 Å². The maximum Gasteiger partial charge on any atom is 0.157 e. The van der Waals surface area contributed by atoms with Gasteiger partial charge in [0.15, 0.2) is 11.7 Å². The van der Waals surface area contributed by atoms with Gasteiger partial charge in [-0.15, -0.1) is 11.3 Å². The van der Waals surface area contributed by atoms with Gasteiger partial charge in [-0.3, -0.25) is 4.79 Å². The van der Waals surface area contributed by atoms with E-state index in [1.54, 1.807) is 0 Å². The van der Waals surface area contributed by atoms with Crippen LogP contribution in [-0.2, 0) is 17.6 Å². The van der Waals surface area contributed by atoms with Gasteiger partial charge in [-0.1, -0.05) is 19.1 Å². The minimum absolute atomic E-state index is 0.110. The molecule has 0 saturated carbocycles. The SMILES string of the molecule is CCc1ccc(CCC(=O)[C@@H](C#N)c2nc3ccccc3s2)o1. The Morgan fingerprint density at radius 2 is 2.09 bits per heavy atom. The molecule has 1 aromatic carbocycles. The monoisotopic (exact) mass is 324 g/mol. The molecule has 0 unspecified atom stereocenters. The number of Topliss-reactive ketones (excluding diaryl/α,β-unsaturated/α-hetero) is 1. The zero-order valence-electron chi connectivity index (χ0n) is 12.8. The van der Waals surface area contributed by atoms with Gasteiger partial charge in [-0.25, -0.2) is 4.98 Å². The predicted molar refractivity (Wildman–Crippen MR) is 89.4 cm³/mol. The molecule has 0 aliphatic rings. The molecule has 3 aromatic rings. The van der Waals surface area contributed by atoms with Crippen LogP contribution in [-0.4, -0.2) is 10.8 Å². The van der Waals surface area contributed by atoms with Crippen molar-refractivity contribution < 1.29 is 9.21 Å². The zero-order valence-corrected chi connectivity index (χ0v) is 13.6. The Morgan fingerprint density at radius 1 is 1.30 bits per heavy atom. The normalized spacial score (nSPS) is 12.2. The van der Waals surface area contributed by atoms with E-state index >= 15 is 0 Å². The number of rotatable bonds is 6.